The summed E-state index contributed by atoms with van der Waals surface area (Å²) in [7, 11) is 0. The molecule has 1 aromatic carbocycles. The van der Waals surface area contributed by atoms with Crippen LogP contribution in [0.5, 0.6) is 0 Å². The molecule has 2 fully saturated rings. The molecule has 0 aliphatic heterocycles. The lowest BCUT2D eigenvalue weighted by Crippen LogP contribution is -2.76. The second kappa shape index (κ2) is 6.49. The Kier molecular flexibility index (Phi) is 4.71. The molecule has 4 nitrogen and oxygen atoms in total. The highest BCUT2D eigenvalue weighted by molar-refractivity contribution is 5.89. The molecule has 1 amide bonds. The molecular weight excluding hydrogens is 300 g/mol. The van der Waals surface area contributed by atoms with Crippen LogP contribution in [0.15, 0.2) is 30.3 Å². The Hall–Kier alpha value is -1.39. The van der Waals surface area contributed by atoms with E-state index in [1.54, 1.807) is 0 Å². The Bertz CT molecular complexity index is 587. The highest BCUT2D eigenvalue weighted by Gasteiger charge is 2.63. The summed E-state index contributed by atoms with van der Waals surface area (Å²) < 4.78 is 5.74. The van der Waals surface area contributed by atoms with Gasteiger partial charge >= 0.3 is 0 Å². The predicted molar refractivity (Wildman–Crippen MR) is 95.7 cm³/mol. The summed E-state index contributed by atoms with van der Waals surface area (Å²) >= 11 is 0. The first-order valence-corrected chi connectivity index (χ1v) is 9.16. The first-order valence-electron chi connectivity index (χ1n) is 9.16. The van der Waals surface area contributed by atoms with Gasteiger partial charge in [0.15, 0.2) is 0 Å². The molecule has 4 atom stereocenters. The fourth-order valence-corrected chi connectivity index (χ4v) is 4.35. The maximum Gasteiger partial charge on any atom is 0.241 e. The minimum Gasteiger partial charge on any atom is -0.378 e. The summed E-state index contributed by atoms with van der Waals surface area (Å²) in [4.78, 5) is 13.0. The Morgan fingerprint density at radius 2 is 2.00 bits per heavy atom. The van der Waals surface area contributed by atoms with E-state index < -0.39 is 5.54 Å². The summed E-state index contributed by atoms with van der Waals surface area (Å²) in [6, 6.07) is 10.7. The van der Waals surface area contributed by atoms with Gasteiger partial charge in [-0.1, -0.05) is 50.6 Å². The van der Waals surface area contributed by atoms with Crippen molar-refractivity contribution in [1.82, 2.24) is 5.32 Å². The molecule has 2 saturated carbocycles. The van der Waals surface area contributed by atoms with Crippen molar-refractivity contribution in [3.8, 4) is 0 Å². The molecule has 1 aromatic rings. The van der Waals surface area contributed by atoms with Crippen LogP contribution < -0.4 is 11.1 Å². The van der Waals surface area contributed by atoms with Crippen LogP contribution in [-0.4, -0.2) is 30.2 Å². The average molecular weight is 330 g/mol. The maximum atomic E-state index is 13.0. The largest absolute Gasteiger partial charge is 0.378 e. The van der Waals surface area contributed by atoms with E-state index in [-0.39, 0.29) is 23.5 Å². The van der Waals surface area contributed by atoms with Crippen LogP contribution >= 0.6 is 0 Å². The standard InChI is InChI=1S/C20H30N2O2/c1-4-24-17-13-20(21,19(17,2)3)18(23)22-16-12-8-11-15(16)14-9-6-5-7-10-14/h5-7,9-10,15-17H,4,8,11-13,21H2,1-3H3,(H,22,23). The van der Waals surface area contributed by atoms with E-state index in [1.807, 2.05) is 26.8 Å². The van der Waals surface area contributed by atoms with Crippen LogP contribution in [0.3, 0.4) is 0 Å². The zero-order valence-electron chi connectivity index (χ0n) is 15.0. The molecule has 24 heavy (non-hydrogen) atoms. The average Bonchev–Trinajstić information content (AvgIpc) is 3.03. The zero-order valence-corrected chi connectivity index (χ0v) is 15.0. The molecule has 4 unspecified atom stereocenters. The Morgan fingerprint density at radius 3 is 2.62 bits per heavy atom. The summed E-state index contributed by atoms with van der Waals surface area (Å²) in [5.41, 5.74) is 6.65. The normalized spacial score (nSPS) is 34.6. The maximum absolute atomic E-state index is 13.0. The van der Waals surface area contributed by atoms with E-state index in [0.717, 1.165) is 19.3 Å². The van der Waals surface area contributed by atoms with Gasteiger partial charge in [-0.25, -0.2) is 0 Å². The van der Waals surface area contributed by atoms with Crippen LogP contribution in [0.4, 0.5) is 0 Å². The number of hydrogen-bond acceptors (Lipinski definition) is 3. The fourth-order valence-electron chi connectivity index (χ4n) is 4.35. The van der Waals surface area contributed by atoms with E-state index in [9.17, 15) is 4.79 Å². The number of amides is 1. The van der Waals surface area contributed by atoms with Gasteiger partial charge in [-0.2, -0.15) is 0 Å². The number of carbonyl (C=O) groups excluding carboxylic acids is 1. The summed E-state index contributed by atoms with van der Waals surface area (Å²) in [6.45, 7) is 6.72. The number of carbonyl (C=O) groups is 1. The number of nitrogens with two attached hydrogens (primary N) is 1. The first-order chi connectivity index (χ1) is 11.4. The van der Waals surface area contributed by atoms with Crippen LogP contribution in [0.2, 0.25) is 0 Å². The molecule has 0 aromatic heterocycles. The molecule has 0 spiro atoms. The number of benzene rings is 1. The molecule has 4 heteroatoms. The quantitative estimate of drug-likeness (QED) is 0.872. The van der Waals surface area contributed by atoms with Gasteiger partial charge in [0.2, 0.25) is 5.91 Å². The zero-order chi connectivity index (χ0) is 17.4. The Labute approximate surface area is 145 Å². The van der Waals surface area contributed by atoms with Gasteiger partial charge in [-0.3, -0.25) is 4.79 Å². The molecule has 0 saturated heterocycles. The van der Waals surface area contributed by atoms with Gasteiger partial charge < -0.3 is 15.8 Å². The monoisotopic (exact) mass is 330 g/mol. The lowest BCUT2D eigenvalue weighted by Gasteiger charge is -2.57. The third-order valence-corrected chi connectivity index (χ3v) is 6.30. The van der Waals surface area contributed by atoms with E-state index >= 15 is 0 Å². The van der Waals surface area contributed by atoms with Crippen molar-refractivity contribution < 1.29 is 9.53 Å². The van der Waals surface area contributed by atoms with Crippen molar-refractivity contribution in [1.29, 1.82) is 0 Å². The van der Waals surface area contributed by atoms with Crippen molar-refractivity contribution in [2.45, 2.75) is 70.1 Å². The molecule has 3 N–H and O–H groups in total. The van der Waals surface area contributed by atoms with Gasteiger partial charge in [0.1, 0.15) is 5.54 Å². The molecule has 3 rings (SSSR count). The molecular formula is C20H30N2O2. The van der Waals surface area contributed by atoms with Crippen molar-refractivity contribution in [2.24, 2.45) is 11.1 Å². The highest BCUT2D eigenvalue weighted by Crippen LogP contribution is 2.50. The Morgan fingerprint density at radius 1 is 1.29 bits per heavy atom. The molecule has 2 aliphatic carbocycles. The van der Waals surface area contributed by atoms with E-state index in [4.69, 9.17) is 10.5 Å². The second-order valence-corrected chi connectivity index (χ2v) is 7.87. The lowest BCUT2D eigenvalue weighted by molar-refractivity contribution is -0.171. The lowest BCUT2D eigenvalue weighted by atomic mass is 9.54. The number of hydrogen-bond donors (Lipinski definition) is 2. The smallest absolute Gasteiger partial charge is 0.241 e. The number of rotatable bonds is 5. The van der Waals surface area contributed by atoms with E-state index in [0.29, 0.717) is 18.9 Å². The minimum atomic E-state index is -0.837. The van der Waals surface area contributed by atoms with Gasteiger partial charge in [0, 0.05) is 30.4 Å². The molecule has 0 radical (unpaired) electrons. The minimum absolute atomic E-state index is 0.0173. The van der Waals surface area contributed by atoms with Gasteiger partial charge in [0.25, 0.3) is 0 Å². The van der Waals surface area contributed by atoms with Crippen molar-refractivity contribution in [2.75, 3.05) is 6.61 Å². The number of ether oxygens (including phenoxy) is 1. The van der Waals surface area contributed by atoms with Gasteiger partial charge in [0.05, 0.1) is 6.10 Å². The highest BCUT2D eigenvalue weighted by atomic mass is 16.5. The topological polar surface area (TPSA) is 64.3 Å². The molecule has 2 aliphatic rings. The summed E-state index contributed by atoms with van der Waals surface area (Å²) in [5.74, 6) is 0.376. The molecule has 0 heterocycles. The van der Waals surface area contributed by atoms with E-state index in [2.05, 4.69) is 29.6 Å². The SMILES string of the molecule is CCOC1CC(N)(C(=O)NC2CCCC2c2ccccc2)C1(C)C. The first kappa shape index (κ1) is 17.4. The summed E-state index contributed by atoms with van der Waals surface area (Å²) in [5, 5.41) is 3.27. The van der Waals surface area contributed by atoms with Crippen molar-refractivity contribution >= 4 is 5.91 Å². The summed E-state index contributed by atoms with van der Waals surface area (Å²) in [6.07, 6.45) is 3.95. The second-order valence-electron chi connectivity index (χ2n) is 7.87. The van der Waals surface area contributed by atoms with Crippen LogP contribution in [0.25, 0.3) is 0 Å². The van der Waals surface area contributed by atoms with Gasteiger partial charge in [-0.15, -0.1) is 0 Å². The third kappa shape index (κ3) is 2.76. The van der Waals surface area contributed by atoms with Gasteiger partial charge in [-0.05, 0) is 25.3 Å². The predicted octanol–water partition coefficient (Wildman–Crippen LogP) is 2.97. The molecule has 132 valence electrons. The van der Waals surface area contributed by atoms with Crippen LogP contribution in [0, 0.1) is 5.41 Å². The van der Waals surface area contributed by atoms with Crippen LogP contribution in [-0.2, 0) is 9.53 Å². The van der Waals surface area contributed by atoms with Crippen molar-refractivity contribution in [3.05, 3.63) is 35.9 Å². The van der Waals surface area contributed by atoms with Crippen LogP contribution in [0.1, 0.15) is 57.9 Å². The Balaban J connectivity index is 1.69. The molecule has 0 bridgehead atoms. The number of nitrogens with one attached hydrogen (secondary N) is 1. The fraction of sp³-hybridized carbons (Fsp3) is 0.650. The van der Waals surface area contributed by atoms with Crippen molar-refractivity contribution in [3.63, 3.8) is 0 Å². The third-order valence-electron chi connectivity index (χ3n) is 6.30. The van der Waals surface area contributed by atoms with E-state index in [1.165, 1.54) is 5.56 Å².